The van der Waals surface area contributed by atoms with Gasteiger partial charge in [-0.2, -0.15) is 0 Å². The Kier molecular flexibility index (Phi) is 12.0. The van der Waals surface area contributed by atoms with Crippen LogP contribution in [0.25, 0.3) is 0 Å². The minimum Gasteiger partial charge on any atom is -0.469 e. The molecule has 0 amide bonds. The number of carbonyl (C=O) groups excluding carboxylic acids is 1. The van der Waals surface area contributed by atoms with Gasteiger partial charge in [-0.3, -0.25) is 4.79 Å². The summed E-state index contributed by atoms with van der Waals surface area (Å²) in [5.74, 6) is -1.16. The standard InChI is InChI=1S/C25H50O7Si/c1-10-11-12-13-21-20(17-30-25(5,6)31-21)22(32-33(8,9)24(2,3)4)15-18(26)14-19(27)16-23(28)29-7/h18-22,26-27H,10-17H2,1-9H3/t18-,19-,20-,21-,22+/m1/s1. The van der Waals surface area contributed by atoms with E-state index in [0.717, 1.165) is 25.7 Å². The third-order valence-corrected chi connectivity index (χ3v) is 11.5. The van der Waals surface area contributed by atoms with Crippen LogP contribution in [0.15, 0.2) is 0 Å². The molecular formula is C25H50O7Si. The summed E-state index contributed by atoms with van der Waals surface area (Å²) in [5, 5.41) is 21.1. The quantitative estimate of drug-likeness (QED) is 0.218. The minimum absolute atomic E-state index is 0.00790. The van der Waals surface area contributed by atoms with Gasteiger partial charge >= 0.3 is 5.97 Å². The van der Waals surface area contributed by atoms with Crippen LogP contribution in [0.4, 0.5) is 0 Å². The van der Waals surface area contributed by atoms with Gasteiger partial charge in [0.25, 0.3) is 0 Å². The lowest BCUT2D eigenvalue weighted by Gasteiger charge is -2.47. The number of esters is 1. The maximum Gasteiger partial charge on any atom is 0.308 e. The molecule has 0 radical (unpaired) electrons. The van der Waals surface area contributed by atoms with E-state index in [1.807, 2.05) is 13.8 Å². The van der Waals surface area contributed by atoms with Crippen molar-refractivity contribution in [3.05, 3.63) is 0 Å². The van der Waals surface area contributed by atoms with Crippen LogP contribution >= 0.6 is 0 Å². The van der Waals surface area contributed by atoms with Gasteiger partial charge in [-0.05, 0) is 51.2 Å². The summed E-state index contributed by atoms with van der Waals surface area (Å²) < 4.78 is 23.9. The van der Waals surface area contributed by atoms with Crippen molar-refractivity contribution in [2.45, 2.75) is 135 Å². The van der Waals surface area contributed by atoms with Crippen LogP contribution in [-0.2, 0) is 23.4 Å². The first-order valence-electron chi connectivity index (χ1n) is 12.5. The minimum atomic E-state index is -2.15. The molecule has 2 N–H and O–H groups in total. The van der Waals surface area contributed by atoms with E-state index in [-0.39, 0.29) is 36.0 Å². The van der Waals surface area contributed by atoms with Gasteiger partial charge in [-0.15, -0.1) is 0 Å². The van der Waals surface area contributed by atoms with Crippen LogP contribution in [0, 0.1) is 5.92 Å². The van der Waals surface area contributed by atoms with Gasteiger partial charge < -0.3 is 28.8 Å². The third-order valence-electron chi connectivity index (χ3n) is 7.04. The maximum atomic E-state index is 11.5. The van der Waals surface area contributed by atoms with Crippen LogP contribution in [0.3, 0.4) is 0 Å². The van der Waals surface area contributed by atoms with E-state index in [2.05, 4.69) is 45.5 Å². The van der Waals surface area contributed by atoms with Crippen molar-refractivity contribution in [1.29, 1.82) is 0 Å². The number of rotatable bonds is 13. The van der Waals surface area contributed by atoms with Crippen molar-refractivity contribution in [1.82, 2.24) is 0 Å². The second-order valence-electron chi connectivity index (χ2n) is 11.5. The fourth-order valence-corrected chi connectivity index (χ4v) is 5.39. The Morgan fingerprint density at radius 1 is 1.15 bits per heavy atom. The summed E-state index contributed by atoms with van der Waals surface area (Å²) in [6, 6.07) is 0. The Morgan fingerprint density at radius 2 is 1.79 bits per heavy atom. The number of methoxy groups -OCH3 is 1. The monoisotopic (exact) mass is 490 g/mol. The molecule has 0 aromatic carbocycles. The average molecular weight is 491 g/mol. The molecule has 1 saturated heterocycles. The molecule has 33 heavy (non-hydrogen) atoms. The molecule has 0 bridgehead atoms. The average Bonchev–Trinajstić information content (AvgIpc) is 2.65. The predicted octanol–water partition coefficient (Wildman–Crippen LogP) is 4.79. The van der Waals surface area contributed by atoms with E-state index in [1.54, 1.807) is 0 Å². The first-order valence-corrected chi connectivity index (χ1v) is 15.4. The fourth-order valence-electron chi connectivity index (χ4n) is 4.01. The van der Waals surface area contributed by atoms with Crippen LogP contribution in [0.5, 0.6) is 0 Å². The molecule has 196 valence electrons. The van der Waals surface area contributed by atoms with E-state index >= 15 is 0 Å². The van der Waals surface area contributed by atoms with Crippen molar-refractivity contribution in [3.8, 4) is 0 Å². The Labute approximate surface area is 202 Å². The molecule has 0 saturated carbocycles. The summed E-state index contributed by atoms with van der Waals surface area (Å²) in [4.78, 5) is 11.5. The number of hydrogen-bond acceptors (Lipinski definition) is 7. The van der Waals surface area contributed by atoms with Gasteiger partial charge in [0, 0.05) is 5.92 Å². The Hall–Kier alpha value is -0.513. The summed E-state index contributed by atoms with van der Waals surface area (Å²) in [6.45, 7) is 17.6. The molecule has 1 fully saturated rings. The normalized spacial score (nSPS) is 24.2. The zero-order valence-corrected chi connectivity index (χ0v) is 23.5. The molecule has 1 aliphatic heterocycles. The molecule has 0 aromatic heterocycles. The van der Waals surface area contributed by atoms with Crippen LogP contribution in [0.2, 0.25) is 18.1 Å². The second-order valence-corrected chi connectivity index (χ2v) is 16.3. The number of ether oxygens (including phenoxy) is 3. The van der Waals surface area contributed by atoms with Gasteiger partial charge in [0.15, 0.2) is 14.1 Å². The van der Waals surface area contributed by atoms with Crippen LogP contribution in [-0.4, -0.2) is 68.4 Å². The van der Waals surface area contributed by atoms with Gasteiger partial charge in [0.05, 0.1) is 44.6 Å². The van der Waals surface area contributed by atoms with E-state index < -0.39 is 32.3 Å². The van der Waals surface area contributed by atoms with Crippen LogP contribution in [0.1, 0.15) is 86.5 Å². The highest BCUT2D eigenvalue weighted by molar-refractivity contribution is 6.74. The van der Waals surface area contributed by atoms with Gasteiger partial charge in [0.2, 0.25) is 0 Å². The summed E-state index contributed by atoms with van der Waals surface area (Å²) in [7, 11) is -0.863. The van der Waals surface area contributed by atoms with Gasteiger partial charge in [-0.1, -0.05) is 47.0 Å². The molecule has 0 aromatic rings. The lowest BCUT2D eigenvalue weighted by molar-refractivity contribution is -0.303. The molecule has 0 spiro atoms. The van der Waals surface area contributed by atoms with Crippen molar-refractivity contribution in [3.63, 3.8) is 0 Å². The van der Waals surface area contributed by atoms with E-state index in [0.29, 0.717) is 13.0 Å². The molecule has 0 aliphatic carbocycles. The zero-order chi connectivity index (χ0) is 25.4. The van der Waals surface area contributed by atoms with Crippen molar-refractivity contribution < 1.29 is 33.6 Å². The molecule has 1 rings (SSSR count). The Morgan fingerprint density at radius 3 is 2.33 bits per heavy atom. The second kappa shape index (κ2) is 13.0. The number of aliphatic hydroxyl groups is 2. The number of carbonyl (C=O) groups is 1. The molecule has 5 atom stereocenters. The zero-order valence-electron chi connectivity index (χ0n) is 22.5. The highest BCUT2D eigenvalue weighted by Crippen LogP contribution is 2.41. The SMILES string of the molecule is CCCCC[C@H]1OC(C)(C)OC[C@H]1[C@H](C[C@H](O)C[C@@H](O)CC(=O)OC)O[Si](C)(C)C(C)(C)C. The van der Waals surface area contributed by atoms with E-state index in [1.165, 1.54) is 7.11 Å². The first kappa shape index (κ1) is 30.5. The topological polar surface area (TPSA) is 94.5 Å². The summed E-state index contributed by atoms with van der Waals surface area (Å²) in [5.41, 5.74) is 0. The number of unbranched alkanes of at least 4 members (excludes halogenated alkanes) is 2. The largest absolute Gasteiger partial charge is 0.469 e. The smallest absolute Gasteiger partial charge is 0.308 e. The fraction of sp³-hybridized carbons (Fsp3) is 0.960. The first-order chi connectivity index (χ1) is 15.1. The number of aliphatic hydroxyl groups excluding tert-OH is 2. The lowest BCUT2D eigenvalue weighted by Crippen LogP contribution is -2.54. The van der Waals surface area contributed by atoms with Crippen molar-refractivity contribution in [2.24, 2.45) is 5.92 Å². The van der Waals surface area contributed by atoms with Crippen LogP contribution < -0.4 is 0 Å². The van der Waals surface area contributed by atoms with Gasteiger partial charge in [0.1, 0.15) is 0 Å². The lowest BCUT2D eigenvalue weighted by atomic mass is 9.87. The summed E-state index contributed by atoms with van der Waals surface area (Å²) in [6.07, 6.45) is 2.51. The molecule has 7 nitrogen and oxygen atoms in total. The van der Waals surface area contributed by atoms with E-state index in [9.17, 15) is 15.0 Å². The highest BCUT2D eigenvalue weighted by Gasteiger charge is 2.46. The Balaban J connectivity index is 3.07. The maximum absolute atomic E-state index is 11.5. The highest BCUT2D eigenvalue weighted by atomic mass is 28.4. The third kappa shape index (κ3) is 10.3. The van der Waals surface area contributed by atoms with Gasteiger partial charge in [-0.25, -0.2) is 0 Å². The molecule has 0 unspecified atom stereocenters. The predicted molar refractivity (Wildman–Crippen MR) is 132 cm³/mol. The van der Waals surface area contributed by atoms with E-state index in [4.69, 9.17) is 13.9 Å². The molecule has 8 heteroatoms. The molecular weight excluding hydrogens is 440 g/mol. The molecule has 1 aliphatic rings. The summed E-state index contributed by atoms with van der Waals surface area (Å²) >= 11 is 0. The number of hydrogen-bond donors (Lipinski definition) is 2. The van der Waals surface area contributed by atoms with Crippen molar-refractivity contribution >= 4 is 14.3 Å². The Bertz CT molecular complexity index is 588. The van der Waals surface area contributed by atoms with Crippen molar-refractivity contribution in [2.75, 3.05) is 13.7 Å². The molecule has 1 heterocycles.